The van der Waals surface area contributed by atoms with Gasteiger partial charge in [0.05, 0.1) is 0 Å². The molecule has 0 atom stereocenters. The Balaban J connectivity index is 1.55. The predicted octanol–water partition coefficient (Wildman–Crippen LogP) is 1.42. The van der Waals surface area contributed by atoms with Gasteiger partial charge in [0.25, 0.3) is 0 Å². The van der Waals surface area contributed by atoms with Crippen molar-refractivity contribution < 1.29 is 14.7 Å². The van der Waals surface area contributed by atoms with Crippen LogP contribution in [0.4, 0.5) is 0 Å². The van der Waals surface area contributed by atoms with Gasteiger partial charge in [0.15, 0.2) is 11.5 Å². The van der Waals surface area contributed by atoms with Crippen LogP contribution < -0.4 is 20.5 Å². The summed E-state index contributed by atoms with van der Waals surface area (Å²) in [6, 6.07) is 5.91. The van der Waals surface area contributed by atoms with Crippen LogP contribution in [0, 0.1) is 5.41 Å². The van der Waals surface area contributed by atoms with Crippen LogP contribution in [-0.2, 0) is 6.54 Å². The van der Waals surface area contributed by atoms with Gasteiger partial charge in [-0.05, 0) is 24.3 Å². The summed E-state index contributed by atoms with van der Waals surface area (Å²) in [6.45, 7) is 1.87. The van der Waals surface area contributed by atoms with E-state index in [9.17, 15) is 0 Å². The highest BCUT2D eigenvalue weighted by atomic mass is 16.7. The maximum absolute atomic E-state index is 8.65. The number of oxime groups is 1. The van der Waals surface area contributed by atoms with Crippen molar-refractivity contribution in [3.63, 3.8) is 0 Å². The molecule has 1 aromatic rings. The molecule has 20 heavy (non-hydrogen) atoms. The van der Waals surface area contributed by atoms with Gasteiger partial charge in [-0.2, -0.15) is 0 Å². The highest BCUT2D eigenvalue weighted by Crippen LogP contribution is 2.48. The van der Waals surface area contributed by atoms with Crippen molar-refractivity contribution in [1.82, 2.24) is 5.32 Å². The van der Waals surface area contributed by atoms with Crippen LogP contribution >= 0.6 is 0 Å². The number of nitrogens with one attached hydrogen (secondary N) is 1. The first-order chi connectivity index (χ1) is 9.72. The monoisotopic (exact) mass is 277 g/mol. The number of amidine groups is 1. The SMILES string of the molecule is NC(CC1(CNCc2cccc3c2OCO3)CC1)=NO. The zero-order valence-electron chi connectivity index (χ0n) is 11.3. The lowest BCUT2D eigenvalue weighted by atomic mass is 10.0. The van der Waals surface area contributed by atoms with Gasteiger partial charge in [-0.3, -0.25) is 0 Å². The first-order valence-electron chi connectivity index (χ1n) is 6.77. The fraction of sp³-hybridized carbons (Fsp3) is 0.500. The maximum atomic E-state index is 8.65. The van der Waals surface area contributed by atoms with E-state index in [-0.39, 0.29) is 5.41 Å². The minimum absolute atomic E-state index is 0.158. The summed E-state index contributed by atoms with van der Waals surface area (Å²) in [6.07, 6.45) is 2.87. The van der Waals surface area contributed by atoms with E-state index in [4.69, 9.17) is 20.4 Å². The van der Waals surface area contributed by atoms with Crippen LogP contribution in [0.3, 0.4) is 0 Å². The average molecular weight is 277 g/mol. The Labute approximate surface area is 117 Å². The first kappa shape index (κ1) is 13.1. The smallest absolute Gasteiger partial charge is 0.231 e. The normalized spacial score (nSPS) is 19.1. The molecule has 3 rings (SSSR count). The van der Waals surface area contributed by atoms with Crippen molar-refractivity contribution in [2.24, 2.45) is 16.3 Å². The van der Waals surface area contributed by atoms with Gasteiger partial charge >= 0.3 is 0 Å². The number of ether oxygens (including phenoxy) is 2. The molecular formula is C14H19N3O3. The molecule has 4 N–H and O–H groups in total. The molecule has 0 bridgehead atoms. The average Bonchev–Trinajstić information content (AvgIpc) is 3.03. The van der Waals surface area contributed by atoms with Gasteiger partial charge < -0.3 is 25.7 Å². The molecule has 0 saturated heterocycles. The van der Waals surface area contributed by atoms with Crippen molar-refractivity contribution in [3.8, 4) is 11.5 Å². The Kier molecular flexibility index (Phi) is 3.40. The lowest BCUT2D eigenvalue weighted by Crippen LogP contribution is -2.28. The maximum Gasteiger partial charge on any atom is 0.231 e. The van der Waals surface area contributed by atoms with Crippen LogP contribution in [0.15, 0.2) is 23.4 Å². The molecule has 1 aromatic carbocycles. The molecule has 1 saturated carbocycles. The molecule has 0 unspecified atom stereocenters. The third kappa shape index (κ3) is 2.65. The summed E-state index contributed by atoms with van der Waals surface area (Å²) >= 11 is 0. The molecule has 1 aliphatic heterocycles. The van der Waals surface area contributed by atoms with Gasteiger partial charge in [-0.15, -0.1) is 0 Å². The van der Waals surface area contributed by atoms with Crippen LogP contribution in [0.2, 0.25) is 0 Å². The van der Waals surface area contributed by atoms with Crippen LogP contribution in [0.25, 0.3) is 0 Å². The van der Waals surface area contributed by atoms with Crippen molar-refractivity contribution >= 4 is 5.84 Å². The van der Waals surface area contributed by atoms with E-state index >= 15 is 0 Å². The third-order valence-electron chi connectivity index (χ3n) is 3.94. The number of nitrogens with zero attached hydrogens (tertiary/aromatic N) is 1. The lowest BCUT2D eigenvalue weighted by molar-refractivity contribution is 0.173. The van der Waals surface area contributed by atoms with Crippen LogP contribution in [0.5, 0.6) is 11.5 Å². The largest absolute Gasteiger partial charge is 0.454 e. The predicted molar refractivity (Wildman–Crippen MR) is 74.0 cm³/mol. The molecule has 0 aromatic heterocycles. The van der Waals surface area contributed by atoms with Crippen molar-refractivity contribution in [2.75, 3.05) is 13.3 Å². The van der Waals surface area contributed by atoms with Crippen molar-refractivity contribution in [2.45, 2.75) is 25.8 Å². The second-order valence-electron chi connectivity index (χ2n) is 5.52. The fourth-order valence-corrected chi connectivity index (χ4v) is 2.60. The van der Waals surface area contributed by atoms with Crippen molar-refractivity contribution in [1.29, 1.82) is 0 Å². The Hall–Kier alpha value is -1.95. The van der Waals surface area contributed by atoms with Gasteiger partial charge in [-0.1, -0.05) is 17.3 Å². The molecule has 1 fully saturated rings. The number of benzene rings is 1. The number of para-hydroxylation sites is 1. The summed E-state index contributed by atoms with van der Waals surface area (Å²) in [5.74, 6) is 1.95. The summed E-state index contributed by atoms with van der Waals surface area (Å²) in [7, 11) is 0. The van der Waals surface area contributed by atoms with E-state index in [0.29, 0.717) is 19.0 Å². The number of rotatable bonds is 6. The van der Waals surface area contributed by atoms with E-state index in [1.165, 1.54) is 0 Å². The standard InChI is InChI=1S/C14H19N3O3/c15-12(17-18)6-14(4-5-14)8-16-7-10-2-1-3-11-13(10)20-9-19-11/h1-3,16,18H,4-9H2,(H2,15,17). The first-order valence-corrected chi connectivity index (χ1v) is 6.77. The molecule has 1 heterocycles. The Morgan fingerprint density at radius 2 is 2.25 bits per heavy atom. The van der Waals surface area contributed by atoms with Gasteiger partial charge in [0, 0.05) is 25.1 Å². The van der Waals surface area contributed by atoms with Crippen LogP contribution in [-0.4, -0.2) is 24.4 Å². The van der Waals surface area contributed by atoms with Gasteiger partial charge in [0.1, 0.15) is 5.84 Å². The molecular weight excluding hydrogens is 258 g/mol. The minimum Gasteiger partial charge on any atom is -0.454 e. The zero-order chi connectivity index (χ0) is 14.0. The highest BCUT2D eigenvalue weighted by Gasteiger charge is 2.42. The Morgan fingerprint density at radius 3 is 3.00 bits per heavy atom. The lowest BCUT2D eigenvalue weighted by Gasteiger charge is -2.15. The summed E-state index contributed by atoms with van der Waals surface area (Å²) in [5, 5.41) is 15.1. The number of hydrogen-bond donors (Lipinski definition) is 3. The molecule has 108 valence electrons. The van der Waals surface area contributed by atoms with Gasteiger partial charge in [0.2, 0.25) is 6.79 Å². The molecule has 1 aliphatic carbocycles. The number of nitrogens with two attached hydrogens (primary N) is 1. The summed E-state index contributed by atoms with van der Waals surface area (Å²) in [4.78, 5) is 0. The number of hydrogen-bond acceptors (Lipinski definition) is 5. The quantitative estimate of drug-likeness (QED) is 0.317. The molecule has 6 heteroatoms. The topological polar surface area (TPSA) is 89.1 Å². The molecule has 0 radical (unpaired) electrons. The molecule has 0 amide bonds. The van der Waals surface area contributed by atoms with E-state index in [2.05, 4.69) is 10.5 Å². The highest BCUT2D eigenvalue weighted by molar-refractivity contribution is 5.80. The summed E-state index contributed by atoms with van der Waals surface area (Å²) in [5.41, 5.74) is 6.85. The molecule has 0 spiro atoms. The number of fused-ring (bicyclic) bond motifs is 1. The second kappa shape index (κ2) is 5.20. The van der Waals surface area contributed by atoms with Gasteiger partial charge in [-0.25, -0.2) is 0 Å². The van der Waals surface area contributed by atoms with Crippen molar-refractivity contribution in [3.05, 3.63) is 23.8 Å². The van der Waals surface area contributed by atoms with E-state index < -0.39 is 0 Å². The minimum atomic E-state index is 0.158. The molecule has 2 aliphatic rings. The fourth-order valence-electron chi connectivity index (χ4n) is 2.60. The third-order valence-corrected chi connectivity index (χ3v) is 3.94. The van der Waals surface area contributed by atoms with E-state index in [0.717, 1.165) is 43.0 Å². The Bertz CT molecular complexity index is 526. The van der Waals surface area contributed by atoms with E-state index in [1.807, 2.05) is 18.2 Å². The summed E-state index contributed by atoms with van der Waals surface area (Å²) < 4.78 is 10.8. The molecule has 6 nitrogen and oxygen atoms in total. The second-order valence-corrected chi connectivity index (χ2v) is 5.52. The Morgan fingerprint density at radius 1 is 1.40 bits per heavy atom. The zero-order valence-corrected chi connectivity index (χ0v) is 11.3. The van der Waals surface area contributed by atoms with Crippen LogP contribution in [0.1, 0.15) is 24.8 Å². The van der Waals surface area contributed by atoms with E-state index in [1.54, 1.807) is 0 Å².